The molecule has 1 saturated heterocycles. The smallest absolute Gasteiger partial charge is 0.251 e. The maximum Gasteiger partial charge on any atom is 0.251 e. The number of fused-ring (bicyclic) bond motifs is 1. The summed E-state index contributed by atoms with van der Waals surface area (Å²) in [4.78, 5) is 19.9. The van der Waals surface area contributed by atoms with Gasteiger partial charge in [0.2, 0.25) is 5.91 Å². The van der Waals surface area contributed by atoms with E-state index in [4.69, 9.17) is 0 Å². The van der Waals surface area contributed by atoms with Crippen molar-refractivity contribution in [2.75, 3.05) is 42.5 Å². The van der Waals surface area contributed by atoms with Crippen molar-refractivity contribution in [1.82, 2.24) is 25.1 Å². The molecule has 6 rings (SSSR count). The molecule has 1 atom stereocenters. The second-order valence-electron chi connectivity index (χ2n) is 10.5. The van der Waals surface area contributed by atoms with E-state index < -0.39 is 0 Å². The number of amides is 1. The number of anilines is 2. The van der Waals surface area contributed by atoms with Gasteiger partial charge in [0.05, 0.1) is 5.70 Å². The highest BCUT2D eigenvalue weighted by atomic mass is 16.2. The number of carbonyl (C=O) groups is 1. The maximum atomic E-state index is 13.7. The third kappa shape index (κ3) is 5.02. The van der Waals surface area contributed by atoms with Gasteiger partial charge in [-0.1, -0.05) is 76.9 Å². The van der Waals surface area contributed by atoms with Crippen LogP contribution in [0.4, 0.5) is 11.6 Å². The largest absolute Gasteiger partial charge is 0.368 e. The van der Waals surface area contributed by atoms with Gasteiger partial charge in [0.1, 0.15) is 12.6 Å². The second-order valence-corrected chi connectivity index (χ2v) is 10.5. The quantitative estimate of drug-likeness (QED) is 0.389. The number of benzene rings is 3. The molecule has 8 heteroatoms. The lowest BCUT2D eigenvalue weighted by Crippen LogP contribution is -2.51. The van der Waals surface area contributed by atoms with Gasteiger partial charge in [-0.25, -0.2) is 0 Å². The first-order chi connectivity index (χ1) is 19.0. The highest BCUT2D eigenvalue weighted by Gasteiger charge is 2.33. The Hall–Kier alpha value is -4.46. The lowest BCUT2D eigenvalue weighted by atomic mass is 9.99. The number of rotatable bonds is 5. The van der Waals surface area contributed by atoms with Crippen molar-refractivity contribution in [2.45, 2.75) is 26.8 Å². The summed E-state index contributed by atoms with van der Waals surface area (Å²) in [6.07, 6.45) is 2.17. The van der Waals surface area contributed by atoms with E-state index in [1.807, 2.05) is 14.5 Å². The number of hydrogen-bond acceptors (Lipinski definition) is 6. The molecule has 198 valence electrons. The van der Waals surface area contributed by atoms with E-state index in [0.29, 0.717) is 19.0 Å². The number of allylic oxidation sites excluding steroid dienone is 1. The summed E-state index contributed by atoms with van der Waals surface area (Å²) in [5.41, 5.74) is 7.90. The average molecular weight is 520 g/mol. The van der Waals surface area contributed by atoms with Crippen LogP contribution in [0.2, 0.25) is 0 Å². The number of aryl methyl sites for hydroxylation is 3. The Kier molecular flexibility index (Phi) is 6.60. The fourth-order valence-electron chi connectivity index (χ4n) is 5.37. The third-order valence-corrected chi connectivity index (χ3v) is 7.65. The molecule has 2 aliphatic heterocycles. The lowest BCUT2D eigenvalue weighted by molar-refractivity contribution is -0.129. The number of carbonyl (C=O) groups excluding carboxylic acids is 1. The molecular formula is C31H33N7O. The Labute approximate surface area is 229 Å². The molecule has 0 spiro atoms. The van der Waals surface area contributed by atoms with Crippen molar-refractivity contribution in [3.05, 3.63) is 107 Å². The molecule has 1 aromatic heterocycles. The van der Waals surface area contributed by atoms with E-state index in [-0.39, 0.29) is 18.5 Å². The normalized spacial score (nSPS) is 17.2. The van der Waals surface area contributed by atoms with E-state index in [2.05, 4.69) is 120 Å². The summed E-state index contributed by atoms with van der Waals surface area (Å²) in [5.74, 6) is 0.644. The van der Waals surface area contributed by atoms with E-state index in [1.165, 1.54) is 22.4 Å². The van der Waals surface area contributed by atoms with Crippen LogP contribution in [0.3, 0.4) is 0 Å². The van der Waals surface area contributed by atoms with Crippen molar-refractivity contribution < 1.29 is 4.79 Å². The zero-order chi connectivity index (χ0) is 26.9. The van der Waals surface area contributed by atoms with Crippen LogP contribution in [0.15, 0.2) is 78.9 Å². The summed E-state index contributed by atoms with van der Waals surface area (Å²) >= 11 is 0. The molecule has 0 aliphatic carbocycles. The van der Waals surface area contributed by atoms with Gasteiger partial charge in [-0.05, 0) is 66.1 Å². The standard InChI is InChI=1S/C31H33N7O/c1-22-7-11-25(12-8-22)28-20-29(26-13-9-23(2)10-14-26)38-31(32-33-34-38)37(28)21-30(39)36-17-15-35(16-18-36)27-6-4-5-24(3)19-27/h4-14,19-20,29H,15-18,21H2,1-3H3/t29-/m0/s1. The molecule has 3 heterocycles. The zero-order valence-corrected chi connectivity index (χ0v) is 22.7. The minimum Gasteiger partial charge on any atom is -0.368 e. The van der Waals surface area contributed by atoms with Crippen molar-refractivity contribution in [3.63, 3.8) is 0 Å². The second kappa shape index (κ2) is 10.4. The molecular weight excluding hydrogens is 486 g/mol. The number of tetrazole rings is 1. The highest BCUT2D eigenvalue weighted by Crippen LogP contribution is 2.36. The van der Waals surface area contributed by atoms with E-state index >= 15 is 0 Å². The van der Waals surface area contributed by atoms with E-state index in [9.17, 15) is 4.79 Å². The number of hydrogen-bond donors (Lipinski definition) is 0. The Morgan fingerprint density at radius 1 is 0.846 bits per heavy atom. The van der Waals surface area contributed by atoms with Crippen LogP contribution in [0.1, 0.15) is 33.9 Å². The third-order valence-electron chi connectivity index (χ3n) is 7.65. The Morgan fingerprint density at radius 2 is 1.54 bits per heavy atom. The summed E-state index contributed by atoms with van der Waals surface area (Å²) in [6, 6.07) is 25.2. The van der Waals surface area contributed by atoms with Gasteiger partial charge in [0.15, 0.2) is 0 Å². The maximum absolute atomic E-state index is 13.7. The molecule has 0 radical (unpaired) electrons. The molecule has 39 heavy (non-hydrogen) atoms. The van der Waals surface area contributed by atoms with E-state index in [1.54, 1.807) is 0 Å². The molecule has 1 fully saturated rings. The molecule has 2 aliphatic rings. The van der Waals surface area contributed by atoms with Gasteiger partial charge < -0.3 is 9.80 Å². The van der Waals surface area contributed by atoms with Crippen LogP contribution < -0.4 is 9.80 Å². The summed E-state index contributed by atoms with van der Waals surface area (Å²) in [5, 5.41) is 12.7. The molecule has 0 bridgehead atoms. The minimum absolute atomic E-state index is 0.0697. The first-order valence-corrected chi connectivity index (χ1v) is 13.5. The van der Waals surface area contributed by atoms with Crippen LogP contribution in [0, 0.1) is 20.8 Å². The molecule has 0 N–H and O–H groups in total. The van der Waals surface area contributed by atoms with Crippen LogP contribution in [0.5, 0.6) is 0 Å². The number of nitrogens with zero attached hydrogens (tertiary/aromatic N) is 7. The predicted molar refractivity (Wildman–Crippen MR) is 154 cm³/mol. The van der Waals surface area contributed by atoms with Gasteiger partial charge in [-0.15, -0.1) is 0 Å². The summed E-state index contributed by atoms with van der Waals surface area (Å²) in [6.45, 7) is 9.42. The van der Waals surface area contributed by atoms with Gasteiger partial charge in [0.25, 0.3) is 5.95 Å². The van der Waals surface area contributed by atoms with Crippen molar-refractivity contribution in [2.24, 2.45) is 0 Å². The first-order valence-electron chi connectivity index (χ1n) is 13.5. The van der Waals surface area contributed by atoms with Crippen LogP contribution in [-0.2, 0) is 4.79 Å². The van der Waals surface area contributed by atoms with Gasteiger partial charge in [-0.3, -0.25) is 9.69 Å². The molecule has 1 amide bonds. The summed E-state index contributed by atoms with van der Waals surface area (Å²) in [7, 11) is 0. The topological polar surface area (TPSA) is 70.4 Å². The molecule has 3 aromatic carbocycles. The minimum atomic E-state index is -0.170. The van der Waals surface area contributed by atoms with Crippen LogP contribution >= 0.6 is 0 Å². The van der Waals surface area contributed by atoms with Gasteiger partial charge >= 0.3 is 0 Å². The molecule has 4 aromatic rings. The predicted octanol–water partition coefficient (Wildman–Crippen LogP) is 4.40. The average Bonchev–Trinajstić information content (AvgIpc) is 3.45. The Balaban J connectivity index is 1.27. The molecule has 0 unspecified atom stereocenters. The Morgan fingerprint density at radius 3 is 2.23 bits per heavy atom. The first kappa shape index (κ1) is 24.9. The summed E-state index contributed by atoms with van der Waals surface area (Å²) < 4.78 is 1.81. The van der Waals surface area contributed by atoms with Crippen LogP contribution in [-0.4, -0.2) is 63.7 Å². The molecule has 8 nitrogen and oxygen atoms in total. The fourth-order valence-corrected chi connectivity index (χ4v) is 5.37. The fraction of sp³-hybridized carbons (Fsp3) is 0.290. The molecule has 0 saturated carbocycles. The van der Waals surface area contributed by atoms with Gasteiger partial charge in [-0.2, -0.15) is 4.68 Å². The van der Waals surface area contributed by atoms with Crippen LogP contribution in [0.25, 0.3) is 5.70 Å². The monoisotopic (exact) mass is 519 g/mol. The Bertz CT molecular complexity index is 1500. The van der Waals surface area contributed by atoms with Gasteiger partial charge in [0, 0.05) is 31.9 Å². The lowest BCUT2D eigenvalue weighted by Gasteiger charge is -2.38. The SMILES string of the molecule is Cc1ccc(C2=C[C@@H](c3ccc(C)cc3)n3nnnc3N2CC(=O)N2CCN(c3cccc(C)c3)CC2)cc1. The van der Waals surface area contributed by atoms with Crippen molar-refractivity contribution in [1.29, 1.82) is 0 Å². The van der Waals surface area contributed by atoms with Crippen molar-refractivity contribution >= 4 is 23.2 Å². The zero-order valence-electron chi connectivity index (χ0n) is 22.7. The number of piperazine rings is 1. The number of aromatic nitrogens is 4. The van der Waals surface area contributed by atoms with E-state index in [0.717, 1.165) is 29.9 Å². The highest BCUT2D eigenvalue weighted by molar-refractivity contribution is 5.89. The van der Waals surface area contributed by atoms with Crippen molar-refractivity contribution in [3.8, 4) is 0 Å².